The first-order valence-corrected chi connectivity index (χ1v) is 9.34. The van der Waals surface area contributed by atoms with Crippen molar-refractivity contribution in [3.8, 4) is 11.4 Å². The van der Waals surface area contributed by atoms with E-state index in [0.717, 1.165) is 33.3 Å². The van der Waals surface area contributed by atoms with Crippen molar-refractivity contribution in [1.82, 2.24) is 20.0 Å². The van der Waals surface area contributed by atoms with Crippen molar-refractivity contribution in [2.24, 2.45) is 0 Å². The molecular formula is C20H24N4O5. The molecule has 9 heteroatoms. The van der Waals surface area contributed by atoms with Crippen LogP contribution in [0, 0.1) is 13.8 Å². The Kier molecular flexibility index (Phi) is 6.16. The summed E-state index contributed by atoms with van der Waals surface area (Å²) < 4.78 is 12.1. The number of rotatable bonds is 7. The second kappa shape index (κ2) is 8.76. The minimum absolute atomic E-state index is 0.116. The predicted octanol–water partition coefficient (Wildman–Crippen LogP) is 1.53. The number of ether oxygens (including phenoxy) is 2. The van der Waals surface area contributed by atoms with E-state index in [1.54, 1.807) is 7.11 Å². The van der Waals surface area contributed by atoms with Gasteiger partial charge in [0, 0.05) is 31.3 Å². The van der Waals surface area contributed by atoms with Crippen LogP contribution < -0.4 is 10.1 Å². The smallest absolute Gasteiger partial charge is 0.324 e. The summed E-state index contributed by atoms with van der Waals surface area (Å²) in [6.07, 6.45) is 0.559. The molecule has 3 rings (SSSR count). The number of esters is 1. The molecule has 0 spiro atoms. The largest absolute Gasteiger partial charge is 0.497 e. The number of aryl methyl sites for hydroxylation is 1. The Morgan fingerprint density at radius 1 is 1.28 bits per heavy atom. The van der Waals surface area contributed by atoms with Crippen LogP contribution in [-0.4, -0.2) is 59.4 Å². The van der Waals surface area contributed by atoms with Gasteiger partial charge in [-0.15, -0.1) is 0 Å². The second-order valence-corrected chi connectivity index (χ2v) is 6.70. The van der Waals surface area contributed by atoms with E-state index in [4.69, 9.17) is 9.47 Å². The normalized spacial score (nSPS) is 13.3. The summed E-state index contributed by atoms with van der Waals surface area (Å²) in [5.41, 5.74) is 3.57. The minimum Gasteiger partial charge on any atom is -0.497 e. The van der Waals surface area contributed by atoms with Crippen molar-refractivity contribution < 1.29 is 23.9 Å². The number of carbonyl (C=O) groups is 3. The Bertz CT molecular complexity index is 937. The molecule has 2 heterocycles. The molecule has 1 fully saturated rings. The van der Waals surface area contributed by atoms with Gasteiger partial charge in [-0.05, 0) is 38.0 Å². The average molecular weight is 400 g/mol. The molecule has 1 N–H and O–H groups in total. The maximum atomic E-state index is 12.1. The molecule has 0 bridgehead atoms. The van der Waals surface area contributed by atoms with Crippen molar-refractivity contribution in [1.29, 1.82) is 0 Å². The molecule has 0 unspecified atom stereocenters. The highest BCUT2D eigenvalue weighted by atomic mass is 16.5. The van der Waals surface area contributed by atoms with Crippen LogP contribution in [0.15, 0.2) is 24.3 Å². The van der Waals surface area contributed by atoms with Crippen molar-refractivity contribution in [2.75, 3.05) is 26.8 Å². The highest BCUT2D eigenvalue weighted by Crippen LogP contribution is 2.22. The lowest BCUT2D eigenvalue weighted by Crippen LogP contribution is -2.37. The van der Waals surface area contributed by atoms with Gasteiger partial charge in [-0.2, -0.15) is 5.10 Å². The van der Waals surface area contributed by atoms with E-state index in [1.807, 2.05) is 42.8 Å². The SMILES string of the molecule is COc1cccc(-n2nc(C)c(CCC(=O)OCC(=O)N3CCNC3=O)c2C)c1. The van der Waals surface area contributed by atoms with Gasteiger partial charge < -0.3 is 14.8 Å². The zero-order valence-corrected chi connectivity index (χ0v) is 16.7. The van der Waals surface area contributed by atoms with Crippen LogP contribution in [0.3, 0.4) is 0 Å². The van der Waals surface area contributed by atoms with E-state index in [9.17, 15) is 14.4 Å². The van der Waals surface area contributed by atoms with Gasteiger partial charge in [-0.25, -0.2) is 9.48 Å². The van der Waals surface area contributed by atoms with Crippen LogP contribution in [0.25, 0.3) is 5.69 Å². The summed E-state index contributed by atoms with van der Waals surface area (Å²) in [4.78, 5) is 36.5. The number of urea groups is 1. The standard InChI is InChI=1S/C20H24N4O5/c1-13-17(14(2)24(22-13)15-5-4-6-16(11-15)28-3)7-8-19(26)29-12-18(25)23-10-9-21-20(23)27/h4-6,11H,7-10,12H2,1-3H3,(H,21,27). The third-order valence-electron chi connectivity index (χ3n) is 4.83. The molecule has 29 heavy (non-hydrogen) atoms. The number of carbonyl (C=O) groups excluding carboxylic acids is 3. The Morgan fingerprint density at radius 2 is 2.07 bits per heavy atom. The van der Waals surface area contributed by atoms with Crippen LogP contribution >= 0.6 is 0 Å². The number of aromatic nitrogens is 2. The third kappa shape index (κ3) is 4.56. The van der Waals surface area contributed by atoms with E-state index in [0.29, 0.717) is 13.0 Å². The van der Waals surface area contributed by atoms with Gasteiger partial charge in [-0.1, -0.05) is 6.07 Å². The van der Waals surface area contributed by atoms with Gasteiger partial charge in [0.05, 0.1) is 18.5 Å². The predicted molar refractivity (Wildman–Crippen MR) is 104 cm³/mol. The summed E-state index contributed by atoms with van der Waals surface area (Å²) in [5, 5.41) is 7.10. The van der Waals surface area contributed by atoms with Gasteiger partial charge in [0.2, 0.25) is 0 Å². The molecule has 0 saturated carbocycles. The molecule has 0 atom stereocenters. The van der Waals surface area contributed by atoms with Crippen LogP contribution in [0.1, 0.15) is 23.4 Å². The lowest BCUT2D eigenvalue weighted by Gasteiger charge is -2.12. The van der Waals surface area contributed by atoms with Gasteiger partial charge in [0.15, 0.2) is 6.61 Å². The average Bonchev–Trinajstić information content (AvgIpc) is 3.27. The second-order valence-electron chi connectivity index (χ2n) is 6.70. The van der Waals surface area contributed by atoms with Gasteiger partial charge in [-0.3, -0.25) is 14.5 Å². The number of amides is 3. The number of imide groups is 1. The summed E-state index contributed by atoms with van der Waals surface area (Å²) in [5.74, 6) is -0.283. The van der Waals surface area contributed by atoms with Crippen LogP contribution in [0.2, 0.25) is 0 Å². The Labute approximate surface area is 168 Å². The van der Waals surface area contributed by atoms with Gasteiger partial charge in [0.25, 0.3) is 5.91 Å². The quantitative estimate of drug-likeness (QED) is 0.707. The monoisotopic (exact) mass is 400 g/mol. The Balaban J connectivity index is 1.59. The van der Waals surface area contributed by atoms with Gasteiger partial charge >= 0.3 is 12.0 Å². The van der Waals surface area contributed by atoms with E-state index in [-0.39, 0.29) is 13.0 Å². The van der Waals surface area contributed by atoms with Crippen molar-refractivity contribution in [3.05, 3.63) is 41.2 Å². The molecule has 0 aliphatic carbocycles. The molecule has 1 aromatic heterocycles. The molecule has 1 saturated heterocycles. The summed E-state index contributed by atoms with van der Waals surface area (Å²) in [7, 11) is 1.61. The number of nitrogens with zero attached hydrogens (tertiary/aromatic N) is 3. The molecule has 1 aliphatic rings. The fourth-order valence-electron chi connectivity index (χ4n) is 3.26. The highest BCUT2D eigenvalue weighted by molar-refractivity contribution is 5.96. The number of hydrogen-bond acceptors (Lipinski definition) is 6. The first-order chi connectivity index (χ1) is 13.9. The summed E-state index contributed by atoms with van der Waals surface area (Å²) >= 11 is 0. The maximum Gasteiger partial charge on any atom is 0.324 e. The first kappa shape index (κ1) is 20.4. The van der Waals surface area contributed by atoms with E-state index in [1.165, 1.54) is 0 Å². The molecular weight excluding hydrogens is 376 g/mol. The fourth-order valence-corrected chi connectivity index (χ4v) is 3.26. The lowest BCUT2D eigenvalue weighted by atomic mass is 10.1. The number of nitrogens with one attached hydrogen (secondary N) is 1. The lowest BCUT2D eigenvalue weighted by molar-refractivity contribution is -0.150. The fraction of sp³-hybridized carbons (Fsp3) is 0.400. The molecule has 0 radical (unpaired) electrons. The van der Waals surface area contributed by atoms with Crippen LogP contribution in [0.4, 0.5) is 4.79 Å². The zero-order chi connectivity index (χ0) is 21.0. The highest BCUT2D eigenvalue weighted by Gasteiger charge is 2.26. The number of hydrogen-bond donors (Lipinski definition) is 1. The molecule has 2 aromatic rings. The van der Waals surface area contributed by atoms with E-state index >= 15 is 0 Å². The number of benzene rings is 1. The molecule has 1 aromatic carbocycles. The Hall–Kier alpha value is -3.36. The maximum absolute atomic E-state index is 12.1. The third-order valence-corrected chi connectivity index (χ3v) is 4.83. The van der Waals surface area contributed by atoms with E-state index in [2.05, 4.69) is 10.4 Å². The van der Waals surface area contributed by atoms with Crippen molar-refractivity contribution in [3.63, 3.8) is 0 Å². The van der Waals surface area contributed by atoms with Crippen molar-refractivity contribution >= 4 is 17.9 Å². The molecule has 9 nitrogen and oxygen atoms in total. The summed E-state index contributed by atoms with van der Waals surface area (Å²) in [6.45, 7) is 4.09. The zero-order valence-electron chi connectivity index (χ0n) is 16.7. The molecule has 1 aliphatic heterocycles. The van der Waals surface area contributed by atoms with Crippen LogP contribution in [-0.2, 0) is 20.7 Å². The van der Waals surface area contributed by atoms with E-state index < -0.39 is 24.5 Å². The molecule has 154 valence electrons. The van der Waals surface area contributed by atoms with Gasteiger partial charge in [0.1, 0.15) is 5.75 Å². The Morgan fingerprint density at radius 3 is 2.76 bits per heavy atom. The van der Waals surface area contributed by atoms with Crippen LogP contribution in [0.5, 0.6) is 5.75 Å². The van der Waals surface area contributed by atoms with Crippen molar-refractivity contribution in [2.45, 2.75) is 26.7 Å². The molecule has 3 amide bonds. The number of methoxy groups -OCH3 is 1. The topological polar surface area (TPSA) is 103 Å². The summed E-state index contributed by atoms with van der Waals surface area (Å²) in [6, 6.07) is 7.11. The first-order valence-electron chi connectivity index (χ1n) is 9.34. The minimum atomic E-state index is -0.522.